The lowest BCUT2D eigenvalue weighted by atomic mass is 10.1. The van der Waals surface area contributed by atoms with Gasteiger partial charge >= 0.3 is 0 Å². The van der Waals surface area contributed by atoms with Crippen molar-refractivity contribution in [3.05, 3.63) is 29.8 Å². The molecule has 0 radical (unpaired) electrons. The van der Waals surface area contributed by atoms with E-state index in [1.807, 2.05) is 13.0 Å². The highest BCUT2D eigenvalue weighted by Crippen LogP contribution is 2.20. The molecule has 0 spiro atoms. The summed E-state index contributed by atoms with van der Waals surface area (Å²) in [6.07, 6.45) is 4.88. The molecule has 10 nitrogen and oxygen atoms in total. The molecule has 1 N–H and O–H groups in total. The van der Waals surface area contributed by atoms with Crippen LogP contribution in [0.5, 0.6) is 0 Å². The van der Waals surface area contributed by atoms with E-state index in [0.717, 1.165) is 37.2 Å². The van der Waals surface area contributed by atoms with Crippen LogP contribution in [0.2, 0.25) is 0 Å². The molecule has 1 atom stereocenters. The Morgan fingerprint density at radius 2 is 2.22 bits per heavy atom. The van der Waals surface area contributed by atoms with Crippen molar-refractivity contribution in [2.24, 2.45) is 0 Å². The van der Waals surface area contributed by atoms with Crippen LogP contribution in [0.1, 0.15) is 43.6 Å². The highest BCUT2D eigenvalue weighted by molar-refractivity contribution is 5.84. The lowest BCUT2D eigenvalue weighted by Gasteiger charge is -2.24. The van der Waals surface area contributed by atoms with Crippen LogP contribution in [-0.2, 0) is 17.8 Å². The molecule has 3 aromatic heterocycles. The largest absolute Gasteiger partial charge is 0.358 e. The van der Waals surface area contributed by atoms with E-state index >= 15 is 0 Å². The molecule has 1 saturated heterocycles. The fraction of sp³-hybridized carbons (Fsp3) is 0.529. The molecular weight excluding hydrogens is 348 g/mol. The van der Waals surface area contributed by atoms with E-state index in [0.29, 0.717) is 30.6 Å². The van der Waals surface area contributed by atoms with Gasteiger partial charge in [0, 0.05) is 18.3 Å². The number of amides is 1. The van der Waals surface area contributed by atoms with Gasteiger partial charge in [0.25, 0.3) is 5.78 Å². The fourth-order valence-corrected chi connectivity index (χ4v) is 3.29. The van der Waals surface area contributed by atoms with Crippen LogP contribution in [0, 0.1) is 6.92 Å². The number of likely N-dealkylation sites (tertiary alicyclic amines) is 1. The number of nitrogens with one attached hydrogen (secondary N) is 1. The SMILES string of the molecule is CCc1cc(NC2CCCCN(Cc3nc(C)no3)C2=O)n2ncnc2n1. The summed E-state index contributed by atoms with van der Waals surface area (Å²) in [5.41, 5.74) is 0.900. The Balaban J connectivity index is 1.57. The topological polar surface area (TPSA) is 114 Å². The molecule has 1 fully saturated rings. The smallest absolute Gasteiger partial charge is 0.254 e. The van der Waals surface area contributed by atoms with Crippen LogP contribution in [0.3, 0.4) is 0 Å². The van der Waals surface area contributed by atoms with Crippen LogP contribution in [0.15, 0.2) is 16.9 Å². The molecule has 3 aromatic rings. The monoisotopic (exact) mass is 370 g/mol. The van der Waals surface area contributed by atoms with Crippen LogP contribution in [0.25, 0.3) is 5.78 Å². The molecule has 0 saturated carbocycles. The maximum absolute atomic E-state index is 13.1. The van der Waals surface area contributed by atoms with Crippen molar-refractivity contribution in [2.45, 2.75) is 52.1 Å². The molecule has 1 amide bonds. The Morgan fingerprint density at radius 1 is 1.33 bits per heavy atom. The molecule has 10 heteroatoms. The predicted octanol–water partition coefficient (Wildman–Crippen LogP) is 1.37. The summed E-state index contributed by atoms with van der Waals surface area (Å²) in [5, 5.41) is 11.4. The molecule has 0 bridgehead atoms. The minimum Gasteiger partial charge on any atom is -0.358 e. The minimum atomic E-state index is -0.351. The van der Waals surface area contributed by atoms with Crippen molar-refractivity contribution in [1.82, 2.24) is 34.6 Å². The Labute approximate surface area is 156 Å². The Hall–Kier alpha value is -3.04. The van der Waals surface area contributed by atoms with Crippen molar-refractivity contribution in [1.29, 1.82) is 0 Å². The zero-order valence-electron chi connectivity index (χ0n) is 15.4. The third kappa shape index (κ3) is 3.60. The third-order valence-electron chi connectivity index (χ3n) is 4.67. The lowest BCUT2D eigenvalue weighted by Crippen LogP contribution is -2.41. The summed E-state index contributed by atoms with van der Waals surface area (Å²) in [6.45, 7) is 4.80. The number of rotatable bonds is 5. The third-order valence-corrected chi connectivity index (χ3v) is 4.67. The molecular formula is C17H22N8O2. The molecule has 4 rings (SSSR count). The number of aryl methyl sites for hydroxylation is 2. The number of fused-ring (bicyclic) bond motifs is 1. The number of anilines is 1. The molecule has 142 valence electrons. The summed E-state index contributed by atoms with van der Waals surface area (Å²) in [6, 6.07) is 1.57. The van der Waals surface area contributed by atoms with Crippen molar-refractivity contribution < 1.29 is 9.32 Å². The van der Waals surface area contributed by atoms with Gasteiger partial charge in [0.15, 0.2) is 5.82 Å². The Bertz CT molecular complexity index is 949. The van der Waals surface area contributed by atoms with E-state index in [4.69, 9.17) is 4.52 Å². The van der Waals surface area contributed by atoms with Crippen molar-refractivity contribution in [3.63, 3.8) is 0 Å². The first-order valence-corrected chi connectivity index (χ1v) is 9.18. The van der Waals surface area contributed by atoms with Gasteiger partial charge in [-0.3, -0.25) is 4.79 Å². The van der Waals surface area contributed by atoms with E-state index < -0.39 is 0 Å². The van der Waals surface area contributed by atoms with Crippen LogP contribution in [0.4, 0.5) is 5.82 Å². The minimum absolute atomic E-state index is 0.0199. The zero-order chi connectivity index (χ0) is 18.8. The van der Waals surface area contributed by atoms with Crippen molar-refractivity contribution in [2.75, 3.05) is 11.9 Å². The maximum Gasteiger partial charge on any atom is 0.254 e. The first-order valence-electron chi connectivity index (χ1n) is 9.18. The second-order valence-corrected chi connectivity index (χ2v) is 6.65. The van der Waals surface area contributed by atoms with Gasteiger partial charge in [-0.25, -0.2) is 4.98 Å². The van der Waals surface area contributed by atoms with E-state index in [9.17, 15) is 4.79 Å². The average molecular weight is 370 g/mol. The Kier molecular flexibility index (Phi) is 4.69. The molecule has 1 aliphatic heterocycles. The standard InChI is InChI=1S/C17H22N8O2/c1-3-12-8-14(25-17(21-12)18-10-19-25)22-13-6-4-5-7-24(16(13)26)9-15-20-11(2)23-27-15/h8,10,13,22H,3-7,9H2,1-2H3. The van der Waals surface area contributed by atoms with Gasteiger partial charge in [-0.1, -0.05) is 12.1 Å². The van der Waals surface area contributed by atoms with Crippen LogP contribution in [-0.4, -0.2) is 53.1 Å². The van der Waals surface area contributed by atoms with Gasteiger partial charge in [-0.15, -0.1) is 0 Å². The van der Waals surface area contributed by atoms with Gasteiger partial charge in [0.05, 0.1) is 0 Å². The lowest BCUT2D eigenvalue weighted by molar-refractivity contribution is -0.132. The highest BCUT2D eigenvalue weighted by Gasteiger charge is 2.29. The summed E-state index contributed by atoms with van der Waals surface area (Å²) in [4.78, 5) is 27.7. The number of carbonyl (C=O) groups excluding carboxylic acids is 1. The van der Waals surface area contributed by atoms with E-state index in [2.05, 4.69) is 30.5 Å². The van der Waals surface area contributed by atoms with E-state index in [1.54, 1.807) is 16.3 Å². The van der Waals surface area contributed by atoms with Gasteiger partial charge in [-0.2, -0.15) is 19.6 Å². The quantitative estimate of drug-likeness (QED) is 0.716. The van der Waals surface area contributed by atoms with Crippen LogP contribution >= 0.6 is 0 Å². The second-order valence-electron chi connectivity index (χ2n) is 6.65. The number of aromatic nitrogens is 6. The fourth-order valence-electron chi connectivity index (χ4n) is 3.29. The average Bonchev–Trinajstić information content (AvgIpc) is 3.27. The first-order chi connectivity index (χ1) is 13.1. The summed E-state index contributed by atoms with van der Waals surface area (Å²) < 4.78 is 6.81. The zero-order valence-corrected chi connectivity index (χ0v) is 15.4. The second kappa shape index (κ2) is 7.29. The maximum atomic E-state index is 13.1. The first kappa shape index (κ1) is 17.4. The van der Waals surface area contributed by atoms with E-state index in [-0.39, 0.29) is 11.9 Å². The number of hydrogen-bond donors (Lipinski definition) is 1. The molecule has 4 heterocycles. The van der Waals surface area contributed by atoms with Gasteiger partial charge in [-0.05, 0) is 32.6 Å². The summed E-state index contributed by atoms with van der Waals surface area (Å²) >= 11 is 0. The number of nitrogens with zero attached hydrogens (tertiary/aromatic N) is 7. The van der Waals surface area contributed by atoms with Crippen molar-refractivity contribution in [3.8, 4) is 0 Å². The molecule has 1 unspecified atom stereocenters. The molecule has 27 heavy (non-hydrogen) atoms. The van der Waals surface area contributed by atoms with Gasteiger partial charge < -0.3 is 14.7 Å². The highest BCUT2D eigenvalue weighted by atomic mass is 16.5. The number of hydrogen-bond acceptors (Lipinski definition) is 8. The molecule has 1 aliphatic rings. The number of carbonyl (C=O) groups is 1. The Morgan fingerprint density at radius 3 is 3.00 bits per heavy atom. The molecule has 0 aliphatic carbocycles. The van der Waals surface area contributed by atoms with Gasteiger partial charge in [0.2, 0.25) is 11.8 Å². The van der Waals surface area contributed by atoms with Gasteiger partial charge in [0.1, 0.15) is 24.7 Å². The molecule has 0 aromatic carbocycles. The summed E-state index contributed by atoms with van der Waals surface area (Å²) in [5.74, 6) is 2.29. The van der Waals surface area contributed by atoms with E-state index in [1.165, 1.54) is 6.33 Å². The van der Waals surface area contributed by atoms with Crippen LogP contribution < -0.4 is 5.32 Å². The van der Waals surface area contributed by atoms with Crippen molar-refractivity contribution >= 4 is 17.5 Å². The normalized spacial score (nSPS) is 18.1. The predicted molar refractivity (Wildman–Crippen MR) is 95.9 cm³/mol. The summed E-state index contributed by atoms with van der Waals surface area (Å²) in [7, 11) is 0.